The highest BCUT2D eigenvalue weighted by molar-refractivity contribution is 9.26. The van der Waals surface area contributed by atoms with Crippen molar-refractivity contribution in [2.45, 2.75) is 31.9 Å². The smallest absolute Gasteiger partial charge is 0.262 e. The van der Waals surface area contributed by atoms with Gasteiger partial charge in [0.2, 0.25) is 0 Å². The van der Waals surface area contributed by atoms with E-state index in [0.29, 0.717) is 0 Å². The van der Waals surface area contributed by atoms with Gasteiger partial charge in [0.15, 0.2) is 0 Å². The Morgan fingerprint density at radius 2 is 1.72 bits per heavy atom. The minimum Gasteiger partial charge on any atom is -0.262 e. The first kappa shape index (κ1) is 15.0. The summed E-state index contributed by atoms with van der Waals surface area (Å²) in [4.78, 5) is 0.170. The molecule has 7 heteroatoms. The molecule has 0 amide bonds. The molecule has 1 saturated carbocycles. The van der Waals surface area contributed by atoms with Crippen molar-refractivity contribution in [3.05, 3.63) is 30.3 Å². The lowest BCUT2D eigenvalue weighted by molar-refractivity contribution is 0.220. The summed E-state index contributed by atoms with van der Waals surface area (Å²) in [6.07, 6.45) is 0.257. The van der Waals surface area contributed by atoms with Crippen molar-refractivity contribution in [1.29, 1.82) is 0 Å². The fourth-order valence-electron chi connectivity index (χ4n) is 1.63. The summed E-state index contributed by atoms with van der Waals surface area (Å²) in [6, 6.07) is 8.14. The van der Waals surface area contributed by atoms with Gasteiger partial charge in [0, 0.05) is 0 Å². The molecule has 3 nitrogen and oxygen atoms in total. The fourth-order valence-corrected chi connectivity index (χ4v) is 5.69. The van der Waals surface area contributed by atoms with E-state index in [1.165, 1.54) is 12.1 Å². The summed E-state index contributed by atoms with van der Waals surface area (Å²) in [6.45, 7) is 1.74. The van der Waals surface area contributed by atoms with Crippen LogP contribution < -0.4 is 0 Å². The number of hydrogen-bond acceptors (Lipinski definition) is 3. The number of hydrogen-bond donors (Lipinski definition) is 0. The predicted octanol–water partition coefficient (Wildman–Crippen LogP) is 3.80. The van der Waals surface area contributed by atoms with Crippen molar-refractivity contribution in [2.24, 2.45) is 0 Å². The minimum absolute atomic E-state index is 0.170. The van der Waals surface area contributed by atoms with E-state index < -0.39 is 20.5 Å². The Kier molecular flexibility index (Phi) is 4.03. The third kappa shape index (κ3) is 2.70. The number of benzene rings is 1. The van der Waals surface area contributed by atoms with Gasteiger partial charge in [0.05, 0.1) is 18.6 Å². The third-order valence-electron chi connectivity index (χ3n) is 2.91. The van der Waals surface area contributed by atoms with E-state index >= 15 is 0 Å². The molecule has 18 heavy (non-hydrogen) atoms. The SMILES string of the molecule is CC(OS(=O)(=O)c1ccccc1)C1(Br)CC1(Br)Br. The van der Waals surface area contributed by atoms with Crippen LogP contribution in [0.5, 0.6) is 0 Å². The first-order valence-electron chi connectivity index (χ1n) is 5.24. The van der Waals surface area contributed by atoms with Crippen LogP contribution in [0.25, 0.3) is 0 Å². The molecule has 2 rings (SSSR count). The molecule has 0 saturated heterocycles. The van der Waals surface area contributed by atoms with Gasteiger partial charge in [0.25, 0.3) is 10.1 Å². The molecule has 0 N–H and O–H groups in total. The van der Waals surface area contributed by atoms with Crippen molar-refractivity contribution in [2.75, 3.05) is 0 Å². The molecular formula is C11H11Br3O3S. The van der Waals surface area contributed by atoms with E-state index in [4.69, 9.17) is 4.18 Å². The van der Waals surface area contributed by atoms with Crippen molar-refractivity contribution in [1.82, 2.24) is 0 Å². The highest BCUT2D eigenvalue weighted by atomic mass is 79.9. The maximum atomic E-state index is 12.1. The quantitative estimate of drug-likeness (QED) is 0.505. The zero-order valence-electron chi connectivity index (χ0n) is 9.44. The Bertz CT molecular complexity index is 544. The van der Waals surface area contributed by atoms with Gasteiger partial charge in [-0.3, -0.25) is 4.18 Å². The molecule has 100 valence electrons. The number of alkyl halides is 3. The molecule has 1 fully saturated rings. The topological polar surface area (TPSA) is 43.4 Å². The molecule has 1 aromatic carbocycles. The van der Waals surface area contributed by atoms with E-state index in [2.05, 4.69) is 47.8 Å². The fraction of sp³-hybridized carbons (Fsp3) is 0.455. The van der Waals surface area contributed by atoms with E-state index in [1.807, 2.05) is 0 Å². The van der Waals surface area contributed by atoms with Crippen LogP contribution in [0.3, 0.4) is 0 Å². The molecule has 0 aromatic heterocycles. The van der Waals surface area contributed by atoms with Crippen LogP contribution in [0.1, 0.15) is 13.3 Å². The lowest BCUT2D eigenvalue weighted by Crippen LogP contribution is -2.29. The zero-order chi connectivity index (χ0) is 13.6. The number of halogens is 3. The van der Waals surface area contributed by atoms with E-state index in [0.717, 1.165) is 6.42 Å². The second-order valence-electron chi connectivity index (χ2n) is 4.25. The maximum Gasteiger partial charge on any atom is 0.297 e. The largest absolute Gasteiger partial charge is 0.297 e. The Morgan fingerprint density at radius 1 is 1.22 bits per heavy atom. The van der Waals surface area contributed by atoms with Crippen LogP contribution >= 0.6 is 47.8 Å². The lowest BCUT2D eigenvalue weighted by Gasteiger charge is -2.20. The van der Waals surface area contributed by atoms with Crippen LogP contribution in [0.4, 0.5) is 0 Å². The lowest BCUT2D eigenvalue weighted by atomic mass is 10.3. The molecule has 0 bridgehead atoms. The molecule has 0 spiro atoms. The summed E-state index contributed by atoms with van der Waals surface area (Å²) in [5, 5.41) is 0. The Morgan fingerprint density at radius 3 is 2.17 bits per heavy atom. The summed E-state index contributed by atoms with van der Waals surface area (Å²) in [5.41, 5.74) is 0. The van der Waals surface area contributed by atoms with Crippen LogP contribution in [0.15, 0.2) is 35.2 Å². The molecule has 1 aromatic rings. The van der Waals surface area contributed by atoms with Crippen molar-refractivity contribution >= 4 is 57.9 Å². The highest BCUT2D eigenvalue weighted by Gasteiger charge is 2.67. The van der Waals surface area contributed by atoms with E-state index in [9.17, 15) is 8.42 Å². The normalized spacial score (nSPS) is 27.8. The standard InChI is InChI=1S/C11H11Br3O3S/c1-8(10(12)7-11(10,13)14)17-18(15,16)9-5-3-2-4-6-9/h2-6,8H,7H2,1H3. The minimum atomic E-state index is -3.72. The van der Waals surface area contributed by atoms with Crippen molar-refractivity contribution in [3.63, 3.8) is 0 Å². The van der Waals surface area contributed by atoms with Crippen molar-refractivity contribution < 1.29 is 12.6 Å². The molecule has 2 unspecified atom stereocenters. The van der Waals surface area contributed by atoms with E-state index in [1.54, 1.807) is 25.1 Å². The second kappa shape index (κ2) is 4.84. The van der Waals surface area contributed by atoms with Gasteiger partial charge in [0.1, 0.15) is 0 Å². The van der Waals surface area contributed by atoms with Crippen LogP contribution in [0.2, 0.25) is 0 Å². The van der Waals surface area contributed by atoms with Gasteiger partial charge in [-0.15, -0.1) is 0 Å². The average Bonchev–Trinajstić information content (AvgIpc) is 2.80. The summed E-state index contributed by atoms with van der Waals surface area (Å²) < 4.78 is 28.6. The first-order chi connectivity index (χ1) is 8.19. The maximum absolute atomic E-state index is 12.1. The molecule has 0 aliphatic heterocycles. The predicted molar refractivity (Wildman–Crippen MR) is 81.0 cm³/mol. The molecule has 1 aliphatic carbocycles. The first-order valence-corrected chi connectivity index (χ1v) is 9.03. The van der Waals surface area contributed by atoms with Crippen LogP contribution in [-0.4, -0.2) is 22.1 Å². The summed E-state index contributed by atoms with van der Waals surface area (Å²) in [5.74, 6) is 0. The van der Waals surface area contributed by atoms with Gasteiger partial charge in [-0.25, -0.2) is 0 Å². The highest BCUT2D eigenvalue weighted by Crippen LogP contribution is 2.67. The van der Waals surface area contributed by atoms with Gasteiger partial charge in [-0.1, -0.05) is 66.0 Å². The molecule has 2 atom stereocenters. The van der Waals surface area contributed by atoms with Gasteiger partial charge in [-0.05, 0) is 25.5 Å². The number of rotatable bonds is 4. The van der Waals surface area contributed by atoms with Gasteiger partial charge < -0.3 is 0 Å². The van der Waals surface area contributed by atoms with Crippen LogP contribution in [-0.2, 0) is 14.3 Å². The monoisotopic (exact) mass is 460 g/mol. The third-order valence-corrected chi connectivity index (χ3v) is 8.94. The molecule has 1 aliphatic rings. The van der Waals surface area contributed by atoms with Gasteiger partial charge >= 0.3 is 0 Å². The molecule has 0 heterocycles. The molecule has 0 radical (unpaired) electrons. The van der Waals surface area contributed by atoms with Crippen molar-refractivity contribution in [3.8, 4) is 0 Å². The summed E-state index contributed by atoms with van der Waals surface area (Å²) in [7, 11) is -3.72. The Labute approximate surface area is 132 Å². The van der Waals surface area contributed by atoms with E-state index in [-0.39, 0.29) is 8.13 Å². The average molecular weight is 463 g/mol. The van der Waals surface area contributed by atoms with Crippen LogP contribution in [0, 0.1) is 0 Å². The molecular weight excluding hydrogens is 452 g/mol. The Balaban J connectivity index is 2.16. The zero-order valence-corrected chi connectivity index (χ0v) is 15.0. The Hall–Kier alpha value is 0.570. The summed E-state index contributed by atoms with van der Waals surface area (Å²) >= 11 is 10.5. The second-order valence-corrected chi connectivity index (χ2v) is 11.0. The van der Waals surface area contributed by atoms with Gasteiger partial charge in [-0.2, -0.15) is 8.42 Å².